The van der Waals surface area contributed by atoms with Gasteiger partial charge in [0.05, 0.1) is 24.5 Å². The minimum atomic E-state index is -0.976. The van der Waals surface area contributed by atoms with E-state index in [0.717, 1.165) is 28.1 Å². The van der Waals surface area contributed by atoms with Gasteiger partial charge in [-0.3, -0.25) is 4.99 Å². The fourth-order valence-corrected chi connectivity index (χ4v) is 4.56. The number of aliphatic hydroxyl groups excluding tert-OH is 3. The number of hydrogen-bond acceptors (Lipinski definition) is 5. The highest BCUT2D eigenvalue weighted by Gasteiger charge is 2.39. The van der Waals surface area contributed by atoms with Gasteiger partial charge in [0.2, 0.25) is 0 Å². The van der Waals surface area contributed by atoms with Crippen molar-refractivity contribution in [3.63, 3.8) is 0 Å². The van der Waals surface area contributed by atoms with Crippen molar-refractivity contribution in [2.24, 2.45) is 4.99 Å². The van der Waals surface area contributed by atoms with Crippen LogP contribution >= 0.6 is 0 Å². The quantitative estimate of drug-likeness (QED) is 0.522. The van der Waals surface area contributed by atoms with Gasteiger partial charge in [-0.1, -0.05) is 84.9 Å². The summed E-state index contributed by atoms with van der Waals surface area (Å²) in [7, 11) is 0. The lowest BCUT2D eigenvalue weighted by Crippen LogP contribution is -2.51. The summed E-state index contributed by atoms with van der Waals surface area (Å²) in [6.45, 7) is 2.52. The standard InChI is InChI=1S/C28H32N2O3/c1-20-29-25(16-21-8-4-2-5-9-21)27(32)28(33)26(17-22-10-6-3-7-11-22)30(20)18-23-12-14-24(19-31)15-13-23/h2-15,25-28,31-33H,16-19H2,1H3/t25-,26-,27+,28+/m1/s1. The lowest BCUT2D eigenvalue weighted by atomic mass is 9.91. The highest BCUT2D eigenvalue weighted by molar-refractivity contribution is 5.80. The van der Waals surface area contributed by atoms with Crippen LogP contribution in [0.3, 0.4) is 0 Å². The Balaban J connectivity index is 1.66. The fraction of sp³-hybridized carbons (Fsp3) is 0.321. The molecule has 0 saturated carbocycles. The number of benzene rings is 3. The third kappa shape index (κ3) is 5.69. The molecule has 0 saturated heterocycles. The summed E-state index contributed by atoms with van der Waals surface area (Å²) in [5, 5.41) is 31.9. The van der Waals surface area contributed by atoms with Crippen molar-refractivity contribution >= 4 is 5.84 Å². The molecule has 0 unspecified atom stereocenters. The highest BCUT2D eigenvalue weighted by Crippen LogP contribution is 2.26. The molecular formula is C28H32N2O3. The number of aliphatic hydroxyl groups is 3. The van der Waals surface area contributed by atoms with Gasteiger partial charge in [0, 0.05) is 6.54 Å². The maximum Gasteiger partial charge on any atom is 0.105 e. The SMILES string of the molecule is CC1=N[C@H](Cc2ccccc2)[C@H](O)[C@@H](O)[C@@H](Cc2ccccc2)N1Cc1ccc(CO)cc1. The van der Waals surface area contributed by atoms with Gasteiger partial charge in [0.1, 0.15) is 12.2 Å². The zero-order valence-corrected chi connectivity index (χ0v) is 19.0. The van der Waals surface area contributed by atoms with Crippen LogP contribution in [-0.2, 0) is 26.0 Å². The van der Waals surface area contributed by atoms with E-state index in [1.165, 1.54) is 0 Å². The number of rotatable bonds is 7. The number of aliphatic imine (C=N–C) groups is 1. The molecule has 1 aliphatic heterocycles. The van der Waals surface area contributed by atoms with E-state index >= 15 is 0 Å². The van der Waals surface area contributed by atoms with E-state index in [2.05, 4.69) is 4.90 Å². The molecule has 0 fully saturated rings. The molecule has 3 aromatic rings. The number of hydrogen-bond donors (Lipinski definition) is 3. The second-order valence-corrected chi connectivity index (χ2v) is 8.77. The summed E-state index contributed by atoms with van der Waals surface area (Å²) in [5.74, 6) is 0.804. The Kier molecular flexibility index (Phi) is 7.55. The summed E-state index contributed by atoms with van der Waals surface area (Å²) in [5.41, 5.74) is 4.10. The topological polar surface area (TPSA) is 76.3 Å². The van der Waals surface area contributed by atoms with Gasteiger partial charge in [0.25, 0.3) is 0 Å². The largest absolute Gasteiger partial charge is 0.392 e. The van der Waals surface area contributed by atoms with Crippen LogP contribution in [0, 0.1) is 0 Å². The van der Waals surface area contributed by atoms with Crippen LogP contribution in [0.2, 0.25) is 0 Å². The summed E-state index contributed by atoms with van der Waals surface area (Å²) < 4.78 is 0. The molecule has 172 valence electrons. The molecule has 3 aromatic carbocycles. The van der Waals surface area contributed by atoms with Crippen molar-refractivity contribution in [1.82, 2.24) is 4.90 Å². The predicted octanol–water partition coefficient (Wildman–Crippen LogP) is 3.36. The van der Waals surface area contributed by atoms with Crippen LogP contribution in [0.5, 0.6) is 0 Å². The number of nitrogens with zero attached hydrogens (tertiary/aromatic N) is 2. The van der Waals surface area contributed by atoms with Gasteiger partial charge in [0.15, 0.2) is 0 Å². The summed E-state index contributed by atoms with van der Waals surface area (Å²) >= 11 is 0. The molecule has 0 bridgehead atoms. The Morgan fingerprint density at radius 2 is 1.24 bits per heavy atom. The second-order valence-electron chi connectivity index (χ2n) is 8.77. The number of amidine groups is 1. The second kappa shape index (κ2) is 10.8. The van der Waals surface area contributed by atoms with Crippen LogP contribution in [0.1, 0.15) is 29.2 Å². The Morgan fingerprint density at radius 1 is 0.697 bits per heavy atom. The summed E-state index contributed by atoms with van der Waals surface area (Å²) in [6, 6.07) is 27.1. The molecule has 5 nitrogen and oxygen atoms in total. The lowest BCUT2D eigenvalue weighted by Gasteiger charge is -2.36. The smallest absolute Gasteiger partial charge is 0.105 e. The van der Waals surface area contributed by atoms with Crippen LogP contribution in [-0.4, -0.2) is 50.3 Å². The van der Waals surface area contributed by atoms with Crippen LogP contribution < -0.4 is 0 Å². The van der Waals surface area contributed by atoms with Crippen LogP contribution in [0.25, 0.3) is 0 Å². The Morgan fingerprint density at radius 3 is 1.82 bits per heavy atom. The van der Waals surface area contributed by atoms with E-state index in [0.29, 0.717) is 19.4 Å². The zero-order chi connectivity index (χ0) is 23.2. The van der Waals surface area contributed by atoms with Gasteiger partial charge in [-0.05, 0) is 42.0 Å². The molecular weight excluding hydrogens is 412 g/mol. The molecule has 1 heterocycles. The van der Waals surface area contributed by atoms with Crippen molar-refractivity contribution in [3.8, 4) is 0 Å². The molecule has 1 aliphatic rings. The van der Waals surface area contributed by atoms with E-state index in [1.54, 1.807) is 0 Å². The molecule has 4 atom stereocenters. The van der Waals surface area contributed by atoms with Gasteiger partial charge in [-0.25, -0.2) is 0 Å². The highest BCUT2D eigenvalue weighted by atomic mass is 16.3. The minimum absolute atomic E-state index is 0.00713. The van der Waals surface area contributed by atoms with E-state index in [1.807, 2.05) is 91.9 Å². The van der Waals surface area contributed by atoms with Crippen molar-refractivity contribution in [1.29, 1.82) is 0 Å². The normalized spacial score (nSPS) is 23.2. The minimum Gasteiger partial charge on any atom is -0.392 e. The molecule has 3 N–H and O–H groups in total. The lowest BCUT2D eigenvalue weighted by molar-refractivity contribution is -0.0297. The molecule has 33 heavy (non-hydrogen) atoms. The van der Waals surface area contributed by atoms with Crippen molar-refractivity contribution < 1.29 is 15.3 Å². The van der Waals surface area contributed by atoms with Gasteiger partial charge < -0.3 is 20.2 Å². The van der Waals surface area contributed by atoms with E-state index in [4.69, 9.17) is 4.99 Å². The third-order valence-electron chi connectivity index (χ3n) is 6.44. The molecule has 0 aliphatic carbocycles. The maximum atomic E-state index is 11.4. The molecule has 4 rings (SSSR count). The zero-order valence-electron chi connectivity index (χ0n) is 19.0. The van der Waals surface area contributed by atoms with Gasteiger partial charge in [-0.15, -0.1) is 0 Å². The first-order chi connectivity index (χ1) is 16.0. The van der Waals surface area contributed by atoms with Crippen molar-refractivity contribution in [2.45, 2.75) is 57.2 Å². The molecule has 0 amide bonds. The first-order valence-corrected chi connectivity index (χ1v) is 11.5. The Hall–Kier alpha value is -2.99. The first-order valence-electron chi connectivity index (χ1n) is 11.5. The van der Waals surface area contributed by atoms with Crippen LogP contribution in [0.15, 0.2) is 89.9 Å². The van der Waals surface area contributed by atoms with E-state index in [-0.39, 0.29) is 12.6 Å². The van der Waals surface area contributed by atoms with Gasteiger partial charge >= 0.3 is 0 Å². The molecule has 0 radical (unpaired) electrons. The molecule has 0 aromatic heterocycles. The Labute approximate surface area is 195 Å². The first kappa shape index (κ1) is 23.2. The third-order valence-corrected chi connectivity index (χ3v) is 6.44. The predicted molar refractivity (Wildman–Crippen MR) is 131 cm³/mol. The van der Waals surface area contributed by atoms with Crippen molar-refractivity contribution in [3.05, 3.63) is 107 Å². The fourth-order valence-electron chi connectivity index (χ4n) is 4.56. The maximum absolute atomic E-state index is 11.4. The molecule has 5 heteroatoms. The average Bonchev–Trinajstić information content (AvgIpc) is 2.93. The van der Waals surface area contributed by atoms with Gasteiger partial charge in [-0.2, -0.15) is 0 Å². The Bertz CT molecular complexity index is 1040. The summed E-state index contributed by atoms with van der Waals surface area (Å²) in [4.78, 5) is 7.01. The monoisotopic (exact) mass is 444 g/mol. The summed E-state index contributed by atoms with van der Waals surface area (Å²) in [6.07, 6.45) is -0.779. The van der Waals surface area contributed by atoms with Crippen LogP contribution in [0.4, 0.5) is 0 Å². The average molecular weight is 445 g/mol. The van der Waals surface area contributed by atoms with E-state index in [9.17, 15) is 15.3 Å². The van der Waals surface area contributed by atoms with E-state index < -0.39 is 18.2 Å². The molecule has 0 spiro atoms. The van der Waals surface area contributed by atoms with Crippen molar-refractivity contribution in [2.75, 3.05) is 0 Å².